The highest BCUT2D eigenvalue weighted by Gasteiger charge is 2.36. The van der Waals surface area contributed by atoms with Crippen LogP contribution in [0.15, 0.2) is 86.0 Å². The first-order valence-electron chi connectivity index (χ1n) is 14.1. The third-order valence-electron chi connectivity index (χ3n) is 6.73. The van der Waals surface area contributed by atoms with Crippen LogP contribution >= 0.6 is 0 Å². The molecule has 8 heteroatoms. The SMILES string of the molecule is C=CCN(C(=O)C(Cc1ccc(O)cc1)NC(=O)OC(C)(C)C)C(C(=O)Nc1c(C)cccc1C)c1cccc(C=C)c1. The number of phenolic OH excluding ortho intramolecular Hbond substituents is 1. The van der Waals surface area contributed by atoms with E-state index in [9.17, 15) is 19.5 Å². The largest absolute Gasteiger partial charge is 0.508 e. The summed E-state index contributed by atoms with van der Waals surface area (Å²) in [5.74, 6) is -0.857. The molecule has 226 valence electrons. The van der Waals surface area contributed by atoms with Crippen molar-refractivity contribution in [3.63, 3.8) is 0 Å². The maximum Gasteiger partial charge on any atom is 0.408 e. The van der Waals surface area contributed by atoms with Crippen molar-refractivity contribution in [1.29, 1.82) is 0 Å². The summed E-state index contributed by atoms with van der Waals surface area (Å²) < 4.78 is 5.47. The molecule has 0 heterocycles. The van der Waals surface area contributed by atoms with E-state index >= 15 is 0 Å². The Morgan fingerprint density at radius 1 is 0.977 bits per heavy atom. The normalized spacial score (nSPS) is 12.4. The number of ether oxygens (including phenoxy) is 1. The molecular weight excluding hydrogens is 542 g/mol. The van der Waals surface area contributed by atoms with Gasteiger partial charge in [-0.15, -0.1) is 6.58 Å². The third kappa shape index (κ3) is 9.07. The first kappa shape index (κ1) is 32.7. The Bertz CT molecular complexity index is 1450. The van der Waals surface area contributed by atoms with Gasteiger partial charge in [-0.3, -0.25) is 9.59 Å². The van der Waals surface area contributed by atoms with E-state index in [1.807, 2.05) is 44.2 Å². The zero-order chi connectivity index (χ0) is 31.7. The number of nitrogens with one attached hydrogen (secondary N) is 2. The summed E-state index contributed by atoms with van der Waals surface area (Å²) in [6.45, 7) is 16.7. The quantitative estimate of drug-likeness (QED) is 0.224. The Morgan fingerprint density at radius 3 is 2.19 bits per heavy atom. The maximum absolute atomic E-state index is 14.4. The number of nitrogens with zero attached hydrogens (tertiary/aromatic N) is 1. The zero-order valence-corrected chi connectivity index (χ0v) is 25.5. The number of carbonyl (C=O) groups is 3. The van der Waals surface area contributed by atoms with Crippen LogP contribution in [0.25, 0.3) is 6.08 Å². The van der Waals surface area contributed by atoms with Gasteiger partial charge in [0.05, 0.1) is 0 Å². The molecular formula is C35H41N3O5. The van der Waals surface area contributed by atoms with E-state index in [1.54, 1.807) is 57.2 Å². The Kier molecular flexibility index (Phi) is 10.9. The number of amides is 3. The molecule has 0 aliphatic carbocycles. The molecule has 43 heavy (non-hydrogen) atoms. The second kappa shape index (κ2) is 14.4. The summed E-state index contributed by atoms with van der Waals surface area (Å²) in [6.07, 6.45) is 2.53. The van der Waals surface area contributed by atoms with Crippen LogP contribution in [0, 0.1) is 13.8 Å². The number of rotatable bonds is 11. The standard InChI is InChI=1S/C35H41N3O5/c1-8-20-38(33(41)29(36-34(42)43-35(5,6)7)22-26-16-18-28(39)19-17-26)31(27-15-11-14-25(9-2)21-27)32(40)37-30-23(3)12-10-13-24(30)4/h8-19,21,29,31,39H,1-2,20,22H2,3-7H3,(H,36,42)(H,37,40). The molecule has 0 aliphatic heterocycles. The number of phenols is 1. The molecule has 3 N–H and O–H groups in total. The Balaban J connectivity index is 2.10. The zero-order valence-electron chi connectivity index (χ0n) is 25.5. The second-order valence-electron chi connectivity index (χ2n) is 11.4. The first-order valence-corrected chi connectivity index (χ1v) is 14.1. The van der Waals surface area contributed by atoms with Crippen LogP contribution in [0.3, 0.4) is 0 Å². The number of aryl methyl sites for hydroxylation is 2. The lowest BCUT2D eigenvalue weighted by molar-refractivity contribution is -0.140. The summed E-state index contributed by atoms with van der Waals surface area (Å²) >= 11 is 0. The van der Waals surface area contributed by atoms with Crippen molar-refractivity contribution in [2.45, 2.75) is 58.7 Å². The van der Waals surface area contributed by atoms with Gasteiger partial charge >= 0.3 is 6.09 Å². The minimum absolute atomic E-state index is 0.0179. The van der Waals surface area contributed by atoms with E-state index in [4.69, 9.17) is 4.74 Å². The van der Waals surface area contributed by atoms with E-state index in [1.165, 1.54) is 17.0 Å². The van der Waals surface area contributed by atoms with Crippen LogP contribution in [-0.4, -0.2) is 46.1 Å². The fourth-order valence-corrected chi connectivity index (χ4v) is 4.71. The number of anilines is 1. The van der Waals surface area contributed by atoms with Gasteiger partial charge in [-0.25, -0.2) is 4.79 Å². The minimum Gasteiger partial charge on any atom is -0.508 e. The Morgan fingerprint density at radius 2 is 1.60 bits per heavy atom. The average Bonchev–Trinajstić information content (AvgIpc) is 2.94. The van der Waals surface area contributed by atoms with Gasteiger partial charge in [0.15, 0.2) is 0 Å². The van der Waals surface area contributed by atoms with Crippen molar-refractivity contribution in [1.82, 2.24) is 10.2 Å². The molecule has 3 aromatic rings. The van der Waals surface area contributed by atoms with Gasteiger partial charge in [-0.2, -0.15) is 0 Å². The topological polar surface area (TPSA) is 108 Å². The van der Waals surface area contributed by atoms with Gasteiger partial charge < -0.3 is 25.4 Å². The van der Waals surface area contributed by atoms with Crippen molar-refractivity contribution in [3.05, 3.63) is 114 Å². The second-order valence-corrected chi connectivity index (χ2v) is 11.4. The first-order chi connectivity index (χ1) is 20.3. The Hall–Kier alpha value is -4.85. The maximum atomic E-state index is 14.4. The van der Waals surface area contributed by atoms with E-state index < -0.39 is 35.6 Å². The minimum atomic E-state index is -1.10. The lowest BCUT2D eigenvalue weighted by Crippen LogP contribution is -2.53. The summed E-state index contributed by atoms with van der Waals surface area (Å²) in [6, 6.07) is 17.1. The monoisotopic (exact) mass is 583 g/mol. The highest BCUT2D eigenvalue weighted by atomic mass is 16.6. The molecule has 3 rings (SSSR count). The molecule has 0 saturated carbocycles. The highest BCUT2D eigenvalue weighted by molar-refractivity contribution is 6.00. The van der Waals surface area contributed by atoms with Crippen LogP contribution in [0.5, 0.6) is 5.75 Å². The lowest BCUT2D eigenvalue weighted by Gasteiger charge is -2.34. The average molecular weight is 584 g/mol. The number of para-hydroxylation sites is 1. The van der Waals surface area contributed by atoms with Crippen molar-refractivity contribution >= 4 is 29.7 Å². The van der Waals surface area contributed by atoms with Gasteiger partial charge in [0.1, 0.15) is 23.4 Å². The van der Waals surface area contributed by atoms with Crippen molar-refractivity contribution in [2.75, 3.05) is 11.9 Å². The molecule has 0 aliphatic rings. The number of benzene rings is 3. The lowest BCUT2D eigenvalue weighted by atomic mass is 9.98. The van der Waals surface area contributed by atoms with Crippen LogP contribution in [0.1, 0.15) is 54.6 Å². The van der Waals surface area contributed by atoms with E-state index in [0.717, 1.165) is 16.7 Å². The molecule has 2 atom stereocenters. The number of hydrogen-bond donors (Lipinski definition) is 3. The fraction of sp³-hybridized carbons (Fsp3) is 0.286. The molecule has 0 spiro atoms. The summed E-state index contributed by atoms with van der Waals surface area (Å²) in [4.78, 5) is 42.9. The smallest absolute Gasteiger partial charge is 0.408 e. The van der Waals surface area contributed by atoms with Crippen molar-refractivity contribution in [3.8, 4) is 5.75 Å². The van der Waals surface area contributed by atoms with Crippen molar-refractivity contribution < 1.29 is 24.2 Å². The van der Waals surface area contributed by atoms with Crippen LogP contribution < -0.4 is 10.6 Å². The van der Waals surface area contributed by atoms with Gasteiger partial charge in [0.2, 0.25) is 5.91 Å². The number of carbonyl (C=O) groups excluding carboxylic acids is 3. The predicted molar refractivity (Wildman–Crippen MR) is 171 cm³/mol. The number of aromatic hydroxyl groups is 1. The van der Waals surface area contributed by atoms with Gasteiger partial charge in [-0.05, 0) is 80.6 Å². The molecule has 0 bridgehead atoms. The summed E-state index contributed by atoms with van der Waals surface area (Å²) in [7, 11) is 0. The molecule has 0 radical (unpaired) electrons. The van der Waals surface area contributed by atoms with Crippen molar-refractivity contribution in [2.24, 2.45) is 0 Å². The molecule has 0 aromatic heterocycles. The summed E-state index contributed by atoms with van der Waals surface area (Å²) in [5.41, 5.74) is 3.66. The van der Waals surface area contributed by atoms with E-state index in [-0.39, 0.29) is 18.7 Å². The Labute approximate surface area is 254 Å². The molecule has 3 amide bonds. The van der Waals surface area contributed by atoms with E-state index in [2.05, 4.69) is 23.8 Å². The molecule has 0 saturated heterocycles. The molecule has 8 nitrogen and oxygen atoms in total. The van der Waals surface area contributed by atoms with Gasteiger partial charge in [0.25, 0.3) is 5.91 Å². The van der Waals surface area contributed by atoms with Crippen LogP contribution in [0.2, 0.25) is 0 Å². The van der Waals surface area contributed by atoms with Gasteiger partial charge in [-0.1, -0.05) is 67.3 Å². The summed E-state index contributed by atoms with van der Waals surface area (Å²) in [5, 5.41) is 15.5. The number of alkyl carbamates (subject to hydrolysis) is 1. The fourth-order valence-electron chi connectivity index (χ4n) is 4.71. The number of hydrogen-bond acceptors (Lipinski definition) is 5. The predicted octanol–water partition coefficient (Wildman–Crippen LogP) is 6.48. The molecule has 0 fully saturated rings. The highest BCUT2D eigenvalue weighted by Crippen LogP contribution is 2.28. The van der Waals surface area contributed by atoms with Crippen LogP contribution in [-0.2, 0) is 20.7 Å². The molecule has 3 aromatic carbocycles. The van der Waals surface area contributed by atoms with E-state index in [0.29, 0.717) is 16.8 Å². The third-order valence-corrected chi connectivity index (χ3v) is 6.73. The van der Waals surface area contributed by atoms with Gasteiger partial charge in [0, 0.05) is 18.7 Å². The molecule has 2 unspecified atom stereocenters. The van der Waals surface area contributed by atoms with Crippen LogP contribution in [0.4, 0.5) is 10.5 Å².